The number of esters is 1. The largest absolute Gasteiger partial charge is 0.465 e. The zero-order valence-corrected chi connectivity index (χ0v) is 11.4. The monoisotopic (exact) mass is 312 g/mol. The van der Waals surface area contributed by atoms with Crippen LogP contribution in [0.4, 0.5) is 11.4 Å². The second-order valence-corrected chi connectivity index (χ2v) is 5.34. The molecule has 0 saturated carbocycles. The van der Waals surface area contributed by atoms with Gasteiger partial charge >= 0.3 is 5.97 Å². The number of nitrogen functional groups attached to an aromatic ring is 1. The Morgan fingerprint density at radius 3 is 2.83 bits per heavy atom. The molecule has 1 aliphatic heterocycles. The van der Waals surface area contributed by atoms with E-state index in [1.54, 1.807) is 18.2 Å². The van der Waals surface area contributed by atoms with Gasteiger partial charge in [-0.1, -0.05) is 22.0 Å². The predicted octanol–water partition coefficient (Wildman–Crippen LogP) is 1.56. The zero-order valence-electron chi connectivity index (χ0n) is 9.85. The fraction of sp³-hybridized carbons (Fsp3) is 0.333. The van der Waals surface area contributed by atoms with E-state index in [9.17, 15) is 9.59 Å². The Hall–Kier alpha value is -1.56. The first-order valence-corrected chi connectivity index (χ1v) is 6.37. The molecule has 1 aromatic rings. The van der Waals surface area contributed by atoms with Crippen molar-refractivity contribution in [2.45, 2.75) is 11.2 Å². The third-order valence-corrected chi connectivity index (χ3v) is 3.43. The van der Waals surface area contributed by atoms with Crippen LogP contribution in [0.15, 0.2) is 18.2 Å². The second kappa shape index (κ2) is 4.97. The number of benzene rings is 1. The Balaban J connectivity index is 2.49. The standard InChI is InChI=1S/C12H13BrN2O3/c1-18-12(17)8-3-2-4-9(14)11(8)15-6-7(13)5-10(15)16/h2-4,7H,5-6,14H2,1H3. The quantitative estimate of drug-likeness (QED) is 0.511. The first kappa shape index (κ1) is 12.9. The smallest absolute Gasteiger partial charge is 0.340 e. The van der Waals surface area contributed by atoms with Crippen LogP contribution >= 0.6 is 15.9 Å². The van der Waals surface area contributed by atoms with Crippen LogP contribution in [-0.4, -0.2) is 30.4 Å². The van der Waals surface area contributed by atoms with Crippen molar-refractivity contribution in [2.75, 3.05) is 24.3 Å². The van der Waals surface area contributed by atoms with E-state index in [1.807, 2.05) is 0 Å². The van der Waals surface area contributed by atoms with E-state index in [2.05, 4.69) is 15.9 Å². The highest BCUT2D eigenvalue weighted by Crippen LogP contribution is 2.33. The summed E-state index contributed by atoms with van der Waals surface area (Å²) in [6.45, 7) is 0.497. The molecule has 0 aromatic heterocycles. The molecule has 1 fully saturated rings. The molecule has 5 nitrogen and oxygen atoms in total. The molecule has 1 atom stereocenters. The molecule has 6 heteroatoms. The number of halogens is 1. The number of carbonyl (C=O) groups is 2. The van der Waals surface area contributed by atoms with Crippen LogP contribution in [0.2, 0.25) is 0 Å². The molecule has 1 heterocycles. The summed E-state index contributed by atoms with van der Waals surface area (Å²) in [6.07, 6.45) is 0.398. The van der Waals surface area contributed by atoms with E-state index in [1.165, 1.54) is 12.0 Å². The van der Waals surface area contributed by atoms with Crippen molar-refractivity contribution in [1.82, 2.24) is 0 Å². The van der Waals surface area contributed by atoms with Gasteiger partial charge in [0.15, 0.2) is 0 Å². The summed E-state index contributed by atoms with van der Waals surface area (Å²) in [4.78, 5) is 25.2. The molecular weight excluding hydrogens is 300 g/mol. The number of amides is 1. The number of hydrogen-bond acceptors (Lipinski definition) is 4. The zero-order chi connectivity index (χ0) is 13.3. The molecule has 18 heavy (non-hydrogen) atoms. The number of nitrogens with two attached hydrogens (primary N) is 1. The maximum Gasteiger partial charge on any atom is 0.340 e. The molecule has 1 amide bonds. The Kier molecular flexibility index (Phi) is 3.56. The minimum atomic E-state index is -0.497. The number of carbonyl (C=O) groups excluding carboxylic acids is 2. The summed E-state index contributed by atoms with van der Waals surface area (Å²) in [5, 5.41) is 0. The number of para-hydroxylation sites is 1. The van der Waals surface area contributed by atoms with Gasteiger partial charge in [0.25, 0.3) is 0 Å². The van der Waals surface area contributed by atoms with Gasteiger partial charge in [-0.25, -0.2) is 4.79 Å². The van der Waals surface area contributed by atoms with Crippen molar-refractivity contribution in [3.05, 3.63) is 23.8 Å². The molecule has 1 aliphatic rings. The second-order valence-electron chi connectivity index (χ2n) is 4.04. The van der Waals surface area contributed by atoms with Crippen LogP contribution in [0.5, 0.6) is 0 Å². The molecule has 96 valence electrons. The summed E-state index contributed by atoms with van der Waals surface area (Å²) in [5.74, 6) is -0.553. The van der Waals surface area contributed by atoms with Crippen molar-refractivity contribution < 1.29 is 14.3 Å². The Bertz CT molecular complexity index is 504. The van der Waals surface area contributed by atoms with Gasteiger partial charge in [-0.05, 0) is 12.1 Å². The number of rotatable bonds is 2. The highest BCUT2D eigenvalue weighted by atomic mass is 79.9. The number of methoxy groups -OCH3 is 1. The van der Waals surface area contributed by atoms with Gasteiger partial charge in [0, 0.05) is 17.8 Å². The molecule has 0 spiro atoms. The lowest BCUT2D eigenvalue weighted by Crippen LogP contribution is -2.27. The third-order valence-electron chi connectivity index (χ3n) is 2.82. The van der Waals surface area contributed by atoms with E-state index in [0.29, 0.717) is 29.9 Å². The van der Waals surface area contributed by atoms with Gasteiger partial charge in [0.2, 0.25) is 5.91 Å². The van der Waals surface area contributed by atoms with Crippen LogP contribution in [0.1, 0.15) is 16.8 Å². The van der Waals surface area contributed by atoms with Gasteiger partial charge in [-0.3, -0.25) is 4.79 Å². The van der Waals surface area contributed by atoms with E-state index >= 15 is 0 Å². The van der Waals surface area contributed by atoms with Crippen LogP contribution in [0.25, 0.3) is 0 Å². The Labute approximate surface area is 113 Å². The molecule has 0 bridgehead atoms. The molecule has 2 rings (SSSR count). The van der Waals surface area contributed by atoms with Gasteiger partial charge in [-0.2, -0.15) is 0 Å². The van der Waals surface area contributed by atoms with Gasteiger partial charge in [0.1, 0.15) is 0 Å². The average molecular weight is 313 g/mol. The number of alkyl halides is 1. The van der Waals surface area contributed by atoms with Gasteiger partial charge < -0.3 is 15.4 Å². The molecule has 1 saturated heterocycles. The molecular formula is C12H13BrN2O3. The first-order valence-electron chi connectivity index (χ1n) is 5.46. The lowest BCUT2D eigenvalue weighted by molar-refractivity contribution is -0.117. The van der Waals surface area contributed by atoms with Crippen LogP contribution in [0.3, 0.4) is 0 Å². The summed E-state index contributed by atoms with van der Waals surface area (Å²) in [7, 11) is 1.30. The molecule has 1 aromatic carbocycles. The highest BCUT2D eigenvalue weighted by Gasteiger charge is 2.32. The lowest BCUT2D eigenvalue weighted by Gasteiger charge is -2.20. The number of ether oxygens (including phenoxy) is 1. The summed E-state index contributed by atoms with van der Waals surface area (Å²) in [5.41, 5.74) is 7.03. The van der Waals surface area contributed by atoms with E-state index < -0.39 is 5.97 Å². The summed E-state index contributed by atoms with van der Waals surface area (Å²) >= 11 is 3.40. The topological polar surface area (TPSA) is 72.6 Å². The van der Waals surface area contributed by atoms with E-state index in [-0.39, 0.29) is 10.7 Å². The fourth-order valence-corrected chi connectivity index (χ4v) is 2.58. The summed E-state index contributed by atoms with van der Waals surface area (Å²) < 4.78 is 4.71. The fourth-order valence-electron chi connectivity index (χ4n) is 2.02. The number of nitrogens with zero attached hydrogens (tertiary/aromatic N) is 1. The average Bonchev–Trinajstić information content (AvgIpc) is 2.67. The first-order chi connectivity index (χ1) is 8.54. The van der Waals surface area contributed by atoms with Gasteiger partial charge in [-0.15, -0.1) is 0 Å². The maximum absolute atomic E-state index is 11.9. The normalized spacial score (nSPS) is 19.1. The molecule has 0 aliphatic carbocycles. The van der Waals surface area contributed by atoms with Crippen molar-refractivity contribution in [1.29, 1.82) is 0 Å². The lowest BCUT2D eigenvalue weighted by atomic mass is 10.1. The molecule has 0 radical (unpaired) electrons. The summed E-state index contributed by atoms with van der Waals surface area (Å²) in [6, 6.07) is 4.93. The minimum Gasteiger partial charge on any atom is -0.465 e. The Morgan fingerprint density at radius 1 is 1.56 bits per heavy atom. The van der Waals surface area contributed by atoms with E-state index in [4.69, 9.17) is 10.5 Å². The van der Waals surface area contributed by atoms with Crippen molar-refractivity contribution in [3.63, 3.8) is 0 Å². The third kappa shape index (κ3) is 2.20. The molecule has 2 N–H and O–H groups in total. The van der Waals surface area contributed by atoms with Crippen LogP contribution in [0, 0.1) is 0 Å². The van der Waals surface area contributed by atoms with Crippen molar-refractivity contribution in [2.24, 2.45) is 0 Å². The van der Waals surface area contributed by atoms with Crippen molar-refractivity contribution >= 4 is 39.2 Å². The van der Waals surface area contributed by atoms with Gasteiger partial charge in [0.05, 0.1) is 24.0 Å². The minimum absolute atomic E-state index is 0.0556. The number of hydrogen-bond donors (Lipinski definition) is 1. The number of anilines is 2. The van der Waals surface area contributed by atoms with Crippen LogP contribution in [-0.2, 0) is 9.53 Å². The maximum atomic E-state index is 11.9. The predicted molar refractivity (Wildman–Crippen MR) is 71.9 cm³/mol. The molecule has 1 unspecified atom stereocenters. The highest BCUT2D eigenvalue weighted by molar-refractivity contribution is 9.09. The SMILES string of the molecule is COC(=O)c1cccc(N)c1N1CC(Br)CC1=O. The van der Waals surface area contributed by atoms with Crippen LogP contribution < -0.4 is 10.6 Å². The Morgan fingerprint density at radius 2 is 2.28 bits per heavy atom. The van der Waals surface area contributed by atoms with E-state index in [0.717, 1.165) is 0 Å². The van der Waals surface area contributed by atoms with Crippen molar-refractivity contribution in [3.8, 4) is 0 Å².